The van der Waals surface area contributed by atoms with Crippen molar-refractivity contribution in [3.05, 3.63) is 60.1 Å². The van der Waals surface area contributed by atoms with Gasteiger partial charge in [0.25, 0.3) is 5.91 Å². The molecule has 0 spiro atoms. The Kier molecular flexibility index (Phi) is 6.16. The van der Waals surface area contributed by atoms with Crippen LogP contribution in [0.15, 0.2) is 53.1 Å². The van der Waals surface area contributed by atoms with E-state index in [4.69, 9.17) is 4.42 Å². The van der Waals surface area contributed by atoms with Crippen LogP contribution in [0, 0.1) is 5.92 Å². The Morgan fingerprint density at radius 3 is 2.57 bits per heavy atom. The number of nitrogens with one attached hydrogen (secondary N) is 2. The molecule has 7 heteroatoms. The molecule has 2 N–H and O–H groups in total. The van der Waals surface area contributed by atoms with Crippen LogP contribution >= 0.6 is 0 Å². The minimum Gasteiger partial charge on any atom is -0.459 e. The van der Waals surface area contributed by atoms with Crippen molar-refractivity contribution in [1.29, 1.82) is 0 Å². The minimum atomic E-state index is -0.727. The zero-order chi connectivity index (χ0) is 20.9. The van der Waals surface area contributed by atoms with E-state index in [9.17, 15) is 14.4 Å². The number of furan rings is 1. The number of carbonyl (C=O) groups is 3. The Balaban J connectivity index is 1.46. The SMILES string of the molecule is O=C(N[C@@H](Cc1ccccc1)C(=O)N1CCC[C@@H](C(=O)NC2CC2)C1)c1ccco1. The molecule has 1 aromatic carbocycles. The van der Waals surface area contributed by atoms with Gasteiger partial charge in [-0.1, -0.05) is 30.3 Å². The Bertz CT molecular complexity index is 877. The molecule has 2 aliphatic rings. The highest BCUT2D eigenvalue weighted by molar-refractivity contribution is 5.95. The first kappa shape index (κ1) is 20.2. The lowest BCUT2D eigenvalue weighted by Crippen LogP contribution is -2.53. The molecular formula is C23H27N3O4. The summed E-state index contributed by atoms with van der Waals surface area (Å²) in [7, 11) is 0. The van der Waals surface area contributed by atoms with Crippen LogP contribution in [-0.2, 0) is 16.0 Å². The van der Waals surface area contributed by atoms with Crippen LogP contribution < -0.4 is 10.6 Å². The van der Waals surface area contributed by atoms with Gasteiger partial charge in [0.2, 0.25) is 11.8 Å². The van der Waals surface area contributed by atoms with Crippen molar-refractivity contribution in [2.75, 3.05) is 13.1 Å². The predicted octanol–water partition coefficient (Wildman–Crippen LogP) is 2.14. The minimum absolute atomic E-state index is 0.0363. The quantitative estimate of drug-likeness (QED) is 0.733. The molecule has 7 nitrogen and oxygen atoms in total. The van der Waals surface area contributed by atoms with E-state index < -0.39 is 11.9 Å². The third-order valence-corrected chi connectivity index (χ3v) is 5.66. The van der Waals surface area contributed by atoms with Crippen LogP contribution in [0.3, 0.4) is 0 Å². The Morgan fingerprint density at radius 2 is 1.87 bits per heavy atom. The maximum Gasteiger partial charge on any atom is 0.287 e. The highest BCUT2D eigenvalue weighted by Gasteiger charge is 2.34. The number of nitrogens with zero attached hydrogens (tertiary/aromatic N) is 1. The van der Waals surface area contributed by atoms with Crippen molar-refractivity contribution in [2.24, 2.45) is 5.92 Å². The van der Waals surface area contributed by atoms with Crippen molar-refractivity contribution in [1.82, 2.24) is 15.5 Å². The van der Waals surface area contributed by atoms with E-state index in [0.717, 1.165) is 31.2 Å². The highest BCUT2D eigenvalue weighted by atomic mass is 16.3. The Hall–Kier alpha value is -3.09. The number of carbonyl (C=O) groups excluding carboxylic acids is 3. The fourth-order valence-electron chi connectivity index (χ4n) is 3.85. The first-order valence-corrected chi connectivity index (χ1v) is 10.6. The zero-order valence-electron chi connectivity index (χ0n) is 16.9. The van der Waals surface area contributed by atoms with Crippen LogP contribution in [0.5, 0.6) is 0 Å². The summed E-state index contributed by atoms with van der Waals surface area (Å²) in [5.41, 5.74) is 0.954. The standard InChI is InChI=1S/C23H27N3O4/c27-21(24-18-10-11-18)17-8-4-12-26(15-17)23(29)19(14-16-6-2-1-3-7-16)25-22(28)20-9-5-13-30-20/h1-3,5-7,9,13,17-19H,4,8,10-12,14-15H2,(H,24,27)(H,25,28)/t17-,19+/m1/s1. The van der Waals surface area contributed by atoms with Gasteiger partial charge in [-0.15, -0.1) is 0 Å². The number of piperidine rings is 1. The van der Waals surface area contributed by atoms with Gasteiger partial charge in [-0.05, 0) is 43.4 Å². The van der Waals surface area contributed by atoms with Gasteiger partial charge < -0.3 is 20.0 Å². The van der Waals surface area contributed by atoms with E-state index in [1.54, 1.807) is 17.0 Å². The van der Waals surface area contributed by atoms with Crippen molar-refractivity contribution in [2.45, 2.75) is 44.2 Å². The van der Waals surface area contributed by atoms with Crippen molar-refractivity contribution in [3.63, 3.8) is 0 Å². The summed E-state index contributed by atoms with van der Waals surface area (Å²) in [6.07, 6.45) is 5.44. The molecule has 3 amide bonds. The number of amides is 3. The Morgan fingerprint density at radius 1 is 1.07 bits per heavy atom. The largest absolute Gasteiger partial charge is 0.459 e. The molecule has 2 aromatic rings. The van der Waals surface area contributed by atoms with E-state index >= 15 is 0 Å². The average molecular weight is 409 g/mol. The molecule has 2 atom stereocenters. The average Bonchev–Trinajstić information content (AvgIpc) is 3.41. The van der Waals surface area contributed by atoms with Crippen LogP contribution in [0.25, 0.3) is 0 Å². The molecule has 2 fully saturated rings. The second-order valence-electron chi connectivity index (χ2n) is 8.10. The molecule has 4 rings (SSSR count). The molecule has 0 unspecified atom stereocenters. The normalized spacial score (nSPS) is 19.7. The smallest absolute Gasteiger partial charge is 0.287 e. The van der Waals surface area contributed by atoms with Gasteiger partial charge in [0.05, 0.1) is 12.2 Å². The van der Waals surface area contributed by atoms with E-state index in [-0.39, 0.29) is 23.5 Å². The molecule has 1 saturated carbocycles. The summed E-state index contributed by atoms with van der Waals surface area (Å²) >= 11 is 0. The lowest BCUT2D eigenvalue weighted by atomic mass is 9.95. The second kappa shape index (κ2) is 9.15. The number of hydrogen-bond acceptors (Lipinski definition) is 4. The summed E-state index contributed by atoms with van der Waals surface area (Å²) in [5, 5.41) is 5.87. The topological polar surface area (TPSA) is 91.7 Å². The summed E-state index contributed by atoms with van der Waals surface area (Å²) in [5.74, 6) is -0.575. The van der Waals surface area contributed by atoms with Gasteiger partial charge in [0, 0.05) is 25.6 Å². The molecule has 1 aliphatic carbocycles. The Labute approximate surface area is 175 Å². The van der Waals surface area contributed by atoms with Gasteiger partial charge >= 0.3 is 0 Å². The molecule has 30 heavy (non-hydrogen) atoms. The molecule has 1 saturated heterocycles. The number of rotatable bonds is 7. The van der Waals surface area contributed by atoms with E-state index in [2.05, 4.69) is 10.6 Å². The maximum absolute atomic E-state index is 13.4. The third-order valence-electron chi connectivity index (χ3n) is 5.66. The fourth-order valence-corrected chi connectivity index (χ4v) is 3.85. The van der Waals surface area contributed by atoms with Crippen LogP contribution in [0.2, 0.25) is 0 Å². The molecule has 0 radical (unpaired) electrons. The zero-order valence-corrected chi connectivity index (χ0v) is 16.9. The van der Waals surface area contributed by atoms with Gasteiger partial charge in [0.1, 0.15) is 6.04 Å². The van der Waals surface area contributed by atoms with Gasteiger partial charge in [-0.2, -0.15) is 0 Å². The first-order chi connectivity index (χ1) is 14.6. The van der Waals surface area contributed by atoms with Crippen molar-refractivity contribution >= 4 is 17.7 Å². The van der Waals surface area contributed by atoms with Gasteiger partial charge in [-0.3, -0.25) is 14.4 Å². The van der Waals surface area contributed by atoms with Crippen molar-refractivity contribution in [3.8, 4) is 0 Å². The lowest BCUT2D eigenvalue weighted by Gasteiger charge is -2.34. The monoisotopic (exact) mass is 409 g/mol. The van der Waals surface area contributed by atoms with Crippen molar-refractivity contribution < 1.29 is 18.8 Å². The number of benzene rings is 1. The molecule has 158 valence electrons. The van der Waals surface area contributed by atoms with E-state index in [0.29, 0.717) is 25.6 Å². The van der Waals surface area contributed by atoms with Gasteiger partial charge in [0.15, 0.2) is 5.76 Å². The summed E-state index contributed by atoms with van der Waals surface area (Å²) in [4.78, 5) is 40.1. The second-order valence-corrected chi connectivity index (χ2v) is 8.10. The lowest BCUT2D eigenvalue weighted by molar-refractivity contribution is -0.137. The molecular weight excluding hydrogens is 382 g/mol. The number of hydrogen-bond donors (Lipinski definition) is 2. The maximum atomic E-state index is 13.4. The fraction of sp³-hybridized carbons (Fsp3) is 0.435. The molecule has 0 bridgehead atoms. The highest BCUT2D eigenvalue weighted by Crippen LogP contribution is 2.23. The van der Waals surface area contributed by atoms with Crippen LogP contribution in [0.1, 0.15) is 41.8 Å². The number of likely N-dealkylation sites (tertiary alicyclic amines) is 1. The summed E-state index contributed by atoms with van der Waals surface area (Å²) in [6, 6.07) is 12.4. The summed E-state index contributed by atoms with van der Waals surface area (Å²) < 4.78 is 5.17. The van der Waals surface area contributed by atoms with Crippen LogP contribution in [-0.4, -0.2) is 47.8 Å². The van der Waals surface area contributed by atoms with E-state index in [1.807, 2.05) is 30.3 Å². The molecule has 1 aromatic heterocycles. The van der Waals surface area contributed by atoms with Gasteiger partial charge in [-0.25, -0.2) is 0 Å². The van der Waals surface area contributed by atoms with Crippen LogP contribution in [0.4, 0.5) is 0 Å². The predicted molar refractivity (Wildman–Crippen MR) is 111 cm³/mol. The summed E-state index contributed by atoms with van der Waals surface area (Å²) in [6.45, 7) is 0.979. The molecule has 1 aliphatic heterocycles. The van der Waals surface area contributed by atoms with E-state index in [1.165, 1.54) is 6.26 Å². The first-order valence-electron chi connectivity index (χ1n) is 10.6. The molecule has 2 heterocycles. The third kappa shape index (κ3) is 5.09.